The van der Waals surface area contributed by atoms with Crippen LogP contribution in [0.4, 0.5) is 0 Å². The zero-order valence-electron chi connectivity index (χ0n) is 8.07. The number of nitrogens with two attached hydrogens (primary N) is 1. The maximum absolute atomic E-state index is 11.0. The van der Waals surface area contributed by atoms with E-state index < -0.39 is 5.91 Å². The van der Waals surface area contributed by atoms with Crippen LogP contribution in [0, 0.1) is 0 Å². The smallest absolute Gasteiger partial charge is 0.252 e. The molecular formula is C11H13NO2. The van der Waals surface area contributed by atoms with Crippen molar-refractivity contribution >= 4 is 5.91 Å². The zero-order chi connectivity index (χ0) is 10.4. The lowest BCUT2D eigenvalue weighted by atomic mass is 10.2. The first-order chi connectivity index (χ1) is 6.75. The highest BCUT2D eigenvalue weighted by Gasteiger charge is 2.06. The van der Waals surface area contributed by atoms with Gasteiger partial charge in [0.25, 0.3) is 5.91 Å². The van der Waals surface area contributed by atoms with Crippen LogP contribution >= 0.6 is 0 Å². The molecule has 1 aromatic carbocycles. The second-order valence-corrected chi connectivity index (χ2v) is 2.74. The van der Waals surface area contributed by atoms with Crippen LogP contribution in [0.15, 0.2) is 36.4 Å². The van der Waals surface area contributed by atoms with Crippen LogP contribution in [0.25, 0.3) is 0 Å². The summed E-state index contributed by atoms with van der Waals surface area (Å²) < 4.78 is 5.35. The van der Waals surface area contributed by atoms with Gasteiger partial charge in [0.1, 0.15) is 12.4 Å². The summed E-state index contributed by atoms with van der Waals surface area (Å²) in [6, 6.07) is 6.93. The van der Waals surface area contributed by atoms with E-state index >= 15 is 0 Å². The molecular weight excluding hydrogens is 178 g/mol. The van der Waals surface area contributed by atoms with Gasteiger partial charge in [-0.15, -0.1) is 0 Å². The highest BCUT2D eigenvalue weighted by atomic mass is 16.5. The lowest BCUT2D eigenvalue weighted by Gasteiger charge is -2.06. The summed E-state index contributed by atoms with van der Waals surface area (Å²) in [5.41, 5.74) is 5.60. The van der Waals surface area contributed by atoms with E-state index in [0.717, 1.165) is 0 Å². The fourth-order valence-corrected chi connectivity index (χ4v) is 1.03. The molecule has 0 atom stereocenters. The van der Waals surface area contributed by atoms with E-state index in [4.69, 9.17) is 10.5 Å². The summed E-state index contributed by atoms with van der Waals surface area (Å²) in [6.07, 6.45) is 3.74. The van der Waals surface area contributed by atoms with Gasteiger partial charge in [0.2, 0.25) is 0 Å². The van der Waals surface area contributed by atoms with Crippen molar-refractivity contribution in [3.05, 3.63) is 42.0 Å². The molecule has 0 heterocycles. The molecule has 3 heteroatoms. The van der Waals surface area contributed by atoms with Crippen LogP contribution in [0.2, 0.25) is 0 Å². The summed E-state index contributed by atoms with van der Waals surface area (Å²) in [7, 11) is 0. The number of allylic oxidation sites excluding steroid dienone is 1. The van der Waals surface area contributed by atoms with Gasteiger partial charge < -0.3 is 10.5 Å². The van der Waals surface area contributed by atoms with Gasteiger partial charge in [-0.2, -0.15) is 0 Å². The number of para-hydroxylation sites is 1. The Morgan fingerprint density at radius 1 is 1.50 bits per heavy atom. The molecule has 14 heavy (non-hydrogen) atoms. The quantitative estimate of drug-likeness (QED) is 0.737. The lowest BCUT2D eigenvalue weighted by Crippen LogP contribution is -2.12. The Kier molecular flexibility index (Phi) is 3.73. The van der Waals surface area contributed by atoms with Crippen LogP contribution in [0.5, 0.6) is 5.75 Å². The Bertz CT molecular complexity index is 345. The van der Waals surface area contributed by atoms with Gasteiger partial charge in [-0.3, -0.25) is 4.79 Å². The van der Waals surface area contributed by atoms with E-state index in [1.807, 2.05) is 19.1 Å². The maximum Gasteiger partial charge on any atom is 0.252 e. The highest BCUT2D eigenvalue weighted by Crippen LogP contribution is 2.16. The molecule has 74 valence electrons. The molecule has 0 aliphatic carbocycles. The van der Waals surface area contributed by atoms with Crippen LogP contribution in [-0.2, 0) is 0 Å². The van der Waals surface area contributed by atoms with E-state index in [1.54, 1.807) is 24.3 Å². The molecule has 0 fully saturated rings. The summed E-state index contributed by atoms with van der Waals surface area (Å²) >= 11 is 0. The fraction of sp³-hybridized carbons (Fsp3) is 0.182. The number of hydrogen-bond acceptors (Lipinski definition) is 2. The largest absolute Gasteiger partial charge is 0.489 e. The van der Waals surface area contributed by atoms with E-state index in [9.17, 15) is 4.79 Å². The first kappa shape index (κ1) is 10.3. The highest BCUT2D eigenvalue weighted by molar-refractivity contribution is 5.95. The van der Waals surface area contributed by atoms with Gasteiger partial charge in [0.15, 0.2) is 0 Å². The molecule has 3 nitrogen and oxygen atoms in total. The molecule has 0 aliphatic heterocycles. The minimum Gasteiger partial charge on any atom is -0.489 e. The van der Waals surface area contributed by atoms with Gasteiger partial charge in [-0.1, -0.05) is 24.3 Å². The summed E-state index contributed by atoms with van der Waals surface area (Å²) in [4.78, 5) is 11.0. The molecule has 1 aromatic rings. The average molecular weight is 191 g/mol. The number of benzene rings is 1. The van der Waals surface area contributed by atoms with Crippen molar-refractivity contribution in [1.82, 2.24) is 0 Å². The number of hydrogen-bond donors (Lipinski definition) is 1. The van der Waals surface area contributed by atoms with Crippen LogP contribution in [-0.4, -0.2) is 12.5 Å². The van der Waals surface area contributed by atoms with Crippen molar-refractivity contribution < 1.29 is 9.53 Å². The third-order valence-electron chi connectivity index (χ3n) is 1.72. The number of rotatable bonds is 4. The van der Waals surface area contributed by atoms with Crippen LogP contribution < -0.4 is 10.5 Å². The third kappa shape index (κ3) is 2.62. The fourth-order valence-electron chi connectivity index (χ4n) is 1.03. The van der Waals surface area contributed by atoms with Crippen molar-refractivity contribution in [2.75, 3.05) is 6.61 Å². The number of carbonyl (C=O) groups excluding carboxylic acids is 1. The molecule has 0 aliphatic rings. The number of ether oxygens (including phenoxy) is 1. The molecule has 0 aromatic heterocycles. The molecule has 0 spiro atoms. The average Bonchev–Trinajstić information content (AvgIpc) is 2.19. The van der Waals surface area contributed by atoms with E-state index in [0.29, 0.717) is 17.9 Å². The standard InChI is InChI=1S/C11H13NO2/c1-2-3-8-14-10-7-5-4-6-9(10)11(12)13/h2-7H,8H2,1H3,(H2,12,13)/b3-2+. The van der Waals surface area contributed by atoms with Crippen molar-refractivity contribution in [3.63, 3.8) is 0 Å². The van der Waals surface area contributed by atoms with E-state index in [2.05, 4.69) is 0 Å². The van der Waals surface area contributed by atoms with Crippen LogP contribution in [0.1, 0.15) is 17.3 Å². The lowest BCUT2D eigenvalue weighted by molar-refractivity contribution is 0.0997. The van der Waals surface area contributed by atoms with E-state index in [-0.39, 0.29) is 0 Å². The number of primary amides is 1. The molecule has 0 saturated carbocycles. The van der Waals surface area contributed by atoms with Gasteiger partial charge >= 0.3 is 0 Å². The monoisotopic (exact) mass is 191 g/mol. The van der Waals surface area contributed by atoms with Crippen molar-refractivity contribution in [3.8, 4) is 5.75 Å². The molecule has 0 bridgehead atoms. The van der Waals surface area contributed by atoms with Gasteiger partial charge in [0, 0.05) is 0 Å². The summed E-state index contributed by atoms with van der Waals surface area (Å²) in [5, 5.41) is 0. The third-order valence-corrected chi connectivity index (χ3v) is 1.72. The minimum absolute atomic E-state index is 0.414. The van der Waals surface area contributed by atoms with Gasteiger partial charge in [0.05, 0.1) is 5.56 Å². The SMILES string of the molecule is C/C=C/COc1ccccc1C(N)=O. The predicted octanol–water partition coefficient (Wildman–Crippen LogP) is 1.74. The van der Waals surface area contributed by atoms with Crippen molar-refractivity contribution in [2.45, 2.75) is 6.92 Å². The predicted molar refractivity (Wildman–Crippen MR) is 55.3 cm³/mol. The normalized spacial score (nSPS) is 10.4. The van der Waals surface area contributed by atoms with E-state index in [1.165, 1.54) is 0 Å². The van der Waals surface area contributed by atoms with Gasteiger partial charge in [-0.25, -0.2) is 0 Å². The summed E-state index contributed by atoms with van der Waals surface area (Å²) in [5.74, 6) is 0.0548. The molecule has 2 N–H and O–H groups in total. The molecule has 1 rings (SSSR count). The maximum atomic E-state index is 11.0. The number of amides is 1. The Hall–Kier alpha value is -1.77. The van der Waals surface area contributed by atoms with Crippen molar-refractivity contribution in [2.24, 2.45) is 5.73 Å². The Morgan fingerprint density at radius 3 is 2.86 bits per heavy atom. The Balaban J connectivity index is 2.79. The second-order valence-electron chi connectivity index (χ2n) is 2.74. The van der Waals surface area contributed by atoms with Crippen molar-refractivity contribution in [1.29, 1.82) is 0 Å². The zero-order valence-corrected chi connectivity index (χ0v) is 8.07. The second kappa shape index (κ2) is 5.07. The topological polar surface area (TPSA) is 52.3 Å². The Morgan fingerprint density at radius 2 is 2.21 bits per heavy atom. The molecule has 0 radical (unpaired) electrons. The minimum atomic E-state index is -0.471. The van der Waals surface area contributed by atoms with Gasteiger partial charge in [-0.05, 0) is 19.1 Å². The first-order valence-electron chi connectivity index (χ1n) is 4.38. The molecule has 0 unspecified atom stereocenters. The van der Waals surface area contributed by atoms with Crippen LogP contribution in [0.3, 0.4) is 0 Å². The first-order valence-corrected chi connectivity index (χ1v) is 4.38. The number of carbonyl (C=O) groups is 1. The summed E-state index contributed by atoms with van der Waals surface area (Å²) in [6.45, 7) is 2.35. The molecule has 0 saturated heterocycles. The Labute approximate surface area is 83.2 Å². The molecule has 1 amide bonds.